The van der Waals surface area contributed by atoms with Gasteiger partial charge in [0.1, 0.15) is 17.1 Å². The molecular weight excluding hydrogens is 283 g/mol. The second-order valence-electron chi connectivity index (χ2n) is 5.06. The molecule has 0 aliphatic rings. The van der Waals surface area contributed by atoms with E-state index in [0.717, 1.165) is 16.3 Å². The minimum Gasteiger partial charge on any atom is -0.507 e. The fraction of sp³-hybridized carbons (Fsp3) is 0.385. The number of rotatable bonds is 4. The van der Waals surface area contributed by atoms with Gasteiger partial charge in [-0.1, -0.05) is 0 Å². The average Bonchev–Trinajstić information content (AvgIpc) is 2.72. The van der Waals surface area contributed by atoms with Crippen LogP contribution in [0, 0.1) is 5.82 Å². The summed E-state index contributed by atoms with van der Waals surface area (Å²) in [6.07, 6.45) is 2.90. The Morgan fingerprint density at radius 3 is 2.55 bits per heavy atom. The first-order valence-corrected chi connectivity index (χ1v) is 7.93. The van der Waals surface area contributed by atoms with E-state index in [0.29, 0.717) is 18.5 Å². The molecule has 0 fully saturated rings. The molecule has 0 saturated carbocycles. The van der Waals surface area contributed by atoms with Crippen LogP contribution >= 0.6 is 0 Å². The summed E-state index contributed by atoms with van der Waals surface area (Å²) < 4.78 is 38.4. The number of nitrogens with zero attached hydrogens (tertiary/aromatic N) is 2. The Hall–Kier alpha value is -1.60. The van der Waals surface area contributed by atoms with Crippen LogP contribution in [-0.4, -0.2) is 49.3 Å². The Bertz CT molecular complexity index is 751. The van der Waals surface area contributed by atoms with Crippen LogP contribution in [0.4, 0.5) is 4.39 Å². The van der Waals surface area contributed by atoms with Crippen molar-refractivity contribution in [3.05, 3.63) is 29.7 Å². The van der Waals surface area contributed by atoms with Gasteiger partial charge in [0.25, 0.3) is 0 Å². The lowest BCUT2D eigenvalue weighted by atomic mass is 10.1. The Balaban J connectivity index is 2.74. The van der Waals surface area contributed by atoms with Crippen LogP contribution < -0.4 is 0 Å². The van der Waals surface area contributed by atoms with Crippen molar-refractivity contribution in [2.75, 3.05) is 26.9 Å². The van der Waals surface area contributed by atoms with Gasteiger partial charge in [-0.15, -0.1) is 0 Å². The zero-order chi connectivity index (χ0) is 15.1. The molecule has 2 aromatic rings. The number of phenolic OH excluding ortho intramolecular Hbond substituents is 1. The first-order chi connectivity index (χ1) is 9.21. The summed E-state index contributed by atoms with van der Waals surface area (Å²) in [5.41, 5.74) is 0.511. The molecule has 2 rings (SSSR count). The number of halogens is 1. The molecule has 110 valence electrons. The van der Waals surface area contributed by atoms with Gasteiger partial charge in [0.2, 0.25) is 10.0 Å². The lowest BCUT2D eigenvalue weighted by Gasteiger charge is -2.08. The van der Waals surface area contributed by atoms with Crippen LogP contribution in [0.25, 0.3) is 10.9 Å². The average molecular weight is 300 g/mol. The molecule has 1 N–H and O–H groups in total. The third-order valence-corrected chi connectivity index (χ3v) is 4.11. The molecule has 0 spiro atoms. The Morgan fingerprint density at radius 1 is 1.35 bits per heavy atom. The normalized spacial score (nSPS) is 12.4. The van der Waals surface area contributed by atoms with E-state index in [4.69, 9.17) is 0 Å². The van der Waals surface area contributed by atoms with Crippen LogP contribution in [0.1, 0.15) is 5.56 Å². The predicted molar refractivity (Wildman–Crippen MR) is 76.1 cm³/mol. The monoisotopic (exact) mass is 300 g/mol. The van der Waals surface area contributed by atoms with Crippen molar-refractivity contribution in [3.63, 3.8) is 0 Å². The quantitative estimate of drug-likeness (QED) is 0.927. The van der Waals surface area contributed by atoms with Gasteiger partial charge in [-0.25, -0.2) is 16.8 Å². The van der Waals surface area contributed by atoms with E-state index in [-0.39, 0.29) is 16.7 Å². The van der Waals surface area contributed by atoms with Gasteiger partial charge in [0, 0.05) is 18.1 Å². The van der Waals surface area contributed by atoms with E-state index >= 15 is 0 Å². The third kappa shape index (κ3) is 2.64. The summed E-state index contributed by atoms with van der Waals surface area (Å²) in [6.45, 7) is 0.666. The first-order valence-electron chi connectivity index (χ1n) is 6.08. The van der Waals surface area contributed by atoms with E-state index in [9.17, 15) is 17.9 Å². The molecule has 20 heavy (non-hydrogen) atoms. The fourth-order valence-electron chi connectivity index (χ4n) is 2.15. The number of fused-ring (bicyclic) bond motifs is 1. The number of likely N-dealkylation sites (N-methyl/N-ethyl adjacent to an activating group) is 1. The molecule has 0 radical (unpaired) electrons. The van der Waals surface area contributed by atoms with Crippen molar-refractivity contribution in [2.24, 2.45) is 0 Å². The zero-order valence-corrected chi connectivity index (χ0v) is 12.4. The SMILES string of the molecule is CN(C)CCc1cn(S(C)(=O)=O)c2c(F)ccc(O)c12. The number of aromatic nitrogens is 1. The Kier molecular flexibility index (Phi) is 3.75. The van der Waals surface area contributed by atoms with Crippen molar-refractivity contribution < 1.29 is 17.9 Å². The smallest absolute Gasteiger partial charge is 0.236 e. The molecule has 0 saturated heterocycles. The van der Waals surface area contributed by atoms with Crippen LogP contribution in [0.15, 0.2) is 18.3 Å². The Labute approximate surface area is 117 Å². The van der Waals surface area contributed by atoms with Gasteiger partial charge in [0.15, 0.2) is 0 Å². The minimum absolute atomic E-state index is 0.0961. The number of hydrogen-bond donors (Lipinski definition) is 1. The highest BCUT2D eigenvalue weighted by Gasteiger charge is 2.20. The molecule has 0 unspecified atom stereocenters. The van der Waals surface area contributed by atoms with Crippen molar-refractivity contribution in [1.29, 1.82) is 0 Å². The van der Waals surface area contributed by atoms with Crippen molar-refractivity contribution in [3.8, 4) is 5.75 Å². The Morgan fingerprint density at radius 2 is 2.00 bits per heavy atom. The van der Waals surface area contributed by atoms with Crippen LogP contribution in [0.2, 0.25) is 0 Å². The minimum atomic E-state index is -3.63. The molecule has 1 aromatic heterocycles. The molecule has 0 aliphatic carbocycles. The molecule has 0 atom stereocenters. The summed E-state index contributed by atoms with van der Waals surface area (Å²) in [7, 11) is 0.136. The third-order valence-electron chi connectivity index (χ3n) is 3.11. The lowest BCUT2D eigenvalue weighted by Crippen LogP contribution is -2.15. The highest BCUT2D eigenvalue weighted by atomic mass is 32.2. The lowest BCUT2D eigenvalue weighted by molar-refractivity contribution is 0.414. The molecular formula is C13H17FN2O3S. The highest BCUT2D eigenvalue weighted by Crippen LogP contribution is 2.33. The molecule has 1 heterocycles. The predicted octanol–water partition coefficient (Wildman–Crippen LogP) is 1.40. The van der Waals surface area contributed by atoms with E-state index in [1.165, 1.54) is 12.3 Å². The molecule has 0 amide bonds. The van der Waals surface area contributed by atoms with Gasteiger partial charge in [-0.3, -0.25) is 0 Å². The number of hydrogen-bond acceptors (Lipinski definition) is 4. The summed E-state index contributed by atoms with van der Waals surface area (Å²) in [5.74, 6) is -0.781. The van der Waals surface area contributed by atoms with Crippen molar-refractivity contribution in [2.45, 2.75) is 6.42 Å². The van der Waals surface area contributed by atoms with Crippen molar-refractivity contribution in [1.82, 2.24) is 8.87 Å². The van der Waals surface area contributed by atoms with Crippen LogP contribution in [0.5, 0.6) is 5.75 Å². The van der Waals surface area contributed by atoms with Gasteiger partial charge in [-0.05, 0) is 38.2 Å². The second kappa shape index (κ2) is 5.06. The summed E-state index contributed by atoms with van der Waals surface area (Å²) >= 11 is 0. The fourth-order valence-corrected chi connectivity index (χ4v) is 2.98. The highest BCUT2D eigenvalue weighted by molar-refractivity contribution is 7.89. The van der Waals surface area contributed by atoms with E-state index in [1.807, 2.05) is 19.0 Å². The van der Waals surface area contributed by atoms with Gasteiger partial charge < -0.3 is 10.0 Å². The number of aromatic hydroxyl groups is 1. The molecule has 0 aliphatic heterocycles. The van der Waals surface area contributed by atoms with Crippen molar-refractivity contribution >= 4 is 20.9 Å². The molecule has 1 aromatic carbocycles. The molecule has 5 nitrogen and oxygen atoms in total. The summed E-state index contributed by atoms with van der Waals surface area (Å²) in [6, 6.07) is 2.30. The standard InChI is InChI=1S/C13H17FN2O3S/c1-15(2)7-6-9-8-16(20(3,18)19)13-10(14)4-5-11(17)12(9)13/h4-5,8,17H,6-7H2,1-3H3. The number of benzene rings is 1. The maximum Gasteiger partial charge on any atom is 0.236 e. The van der Waals surface area contributed by atoms with E-state index < -0.39 is 15.8 Å². The topological polar surface area (TPSA) is 62.5 Å². The largest absolute Gasteiger partial charge is 0.507 e. The van der Waals surface area contributed by atoms with Crippen LogP contribution in [-0.2, 0) is 16.4 Å². The van der Waals surface area contributed by atoms with Crippen LogP contribution in [0.3, 0.4) is 0 Å². The van der Waals surface area contributed by atoms with Gasteiger partial charge in [0.05, 0.1) is 6.26 Å². The zero-order valence-electron chi connectivity index (χ0n) is 11.6. The van der Waals surface area contributed by atoms with Gasteiger partial charge in [-0.2, -0.15) is 0 Å². The van der Waals surface area contributed by atoms with E-state index in [2.05, 4.69) is 0 Å². The first kappa shape index (κ1) is 14.8. The second-order valence-corrected chi connectivity index (χ2v) is 6.92. The van der Waals surface area contributed by atoms with E-state index in [1.54, 1.807) is 0 Å². The maximum atomic E-state index is 14.0. The molecule has 7 heteroatoms. The summed E-state index contributed by atoms with van der Waals surface area (Å²) in [5, 5.41) is 10.2. The van der Waals surface area contributed by atoms with Gasteiger partial charge >= 0.3 is 0 Å². The summed E-state index contributed by atoms with van der Waals surface area (Å²) in [4.78, 5) is 1.93. The number of phenols is 1. The maximum absolute atomic E-state index is 14.0. The molecule has 0 bridgehead atoms.